The zero-order valence-electron chi connectivity index (χ0n) is 6.99. The van der Waals surface area contributed by atoms with Crippen molar-refractivity contribution in [1.82, 2.24) is 9.97 Å². The first kappa shape index (κ1) is 7.67. The van der Waals surface area contributed by atoms with Crippen LogP contribution in [0.5, 0.6) is 0 Å². The van der Waals surface area contributed by atoms with Gasteiger partial charge in [0.25, 0.3) is 0 Å². The van der Waals surface area contributed by atoms with Crippen LogP contribution in [0.1, 0.15) is 0 Å². The fourth-order valence-corrected chi connectivity index (χ4v) is 1.13. The minimum atomic E-state index is 0.346. The molecule has 13 heavy (non-hydrogen) atoms. The molecule has 1 aromatic heterocycles. The quantitative estimate of drug-likeness (QED) is 0.608. The number of aromatic nitrogens is 2. The zero-order chi connectivity index (χ0) is 9.26. The first-order valence-electron chi connectivity index (χ1n) is 3.94. The SMILES string of the molecule is Nc1nc(-c2ccccc2)[nH]c1N. The first-order valence-corrected chi connectivity index (χ1v) is 3.94. The molecule has 0 bridgehead atoms. The van der Waals surface area contributed by atoms with Gasteiger partial charge in [-0.1, -0.05) is 30.3 Å². The van der Waals surface area contributed by atoms with E-state index in [1.807, 2.05) is 30.3 Å². The van der Waals surface area contributed by atoms with Crippen LogP contribution >= 0.6 is 0 Å². The van der Waals surface area contributed by atoms with E-state index in [1.165, 1.54) is 0 Å². The highest BCUT2D eigenvalue weighted by Crippen LogP contribution is 2.19. The number of hydrogen-bond acceptors (Lipinski definition) is 3. The monoisotopic (exact) mass is 174 g/mol. The van der Waals surface area contributed by atoms with Crippen LogP contribution in [-0.2, 0) is 0 Å². The molecule has 0 aliphatic carbocycles. The molecule has 66 valence electrons. The van der Waals surface area contributed by atoms with Crippen LogP contribution in [0.25, 0.3) is 11.4 Å². The molecule has 0 aliphatic heterocycles. The molecule has 0 amide bonds. The van der Waals surface area contributed by atoms with E-state index in [0.717, 1.165) is 5.56 Å². The molecule has 4 heteroatoms. The highest BCUT2D eigenvalue weighted by Gasteiger charge is 2.04. The van der Waals surface area contributed by atoms with Crippen molar-refractivity contribution in [2.45, 2.75) is 0 Å². The molecule has 4 nitrogen and oxygen atoms in total. The number of nitrogens with zero attached hydrogens (tertiary/aromatic N) is 1. The summed E-state index contributed by atoms with van der Waals surface area (Å²) in [5.74, 6) is 1.47. The third-order valence-corrected chi connectivity index (χ3v) is 1.81. The van der Waals surface area contributed by atoms with Crippen LogP contribution in [0, 0.1) is 0 Å². The van der Waals surface area contributed by atoms with Gasteiger partial charge in [0.15, 0.2) is 5.82 Å². The first-order chi connectivity index (χ1) is 6.27. The Hall–Kier alpha value is -1.97. The molecular formula is C9H10N4. The summed E-state index contributed by atoms with van der Waals surface area (Å²) in [5, 5.41) is 0. The largest absolute Gasteiger partial charge is 0.382 e. The average molecular weight is 174 g/mol. The Kier molecular flexibility index (Phi) is 1.66. The lowest BCUT2D eigenvalue weighted by atomic mass is 10.2. The van der Waals surface area contributed by atoms with Crippen LogP contribution in [0.3, 0.4) is 0 Å². The van der Waals surface area contributed by atoms with Crippen LogP contribution in [0.15, 0.2) is 30.3 Å². The summed E-state index contributed by atoms with van der Waals surface area (Å²) < 4.78 is 0. The van der Waals surface area contributed by atoms with E-state index in [4.69, 9.17) is 11.5 Å². The van der Waals surface area contributed by atoms with Crippen molar-refractivity contribution in [1.29, 1.82) is 0 Å². The molecule has 0 saturated carbocycles. The normalized spacial score (nSPS) is 10.2. The second kappa shape index (κ2) is 2.82. The molecule has 2 aromatic rings. The predicted octanol–water partition coefficient (Wildman–Crippen LogP) is 1.24. The number of rotatable bonds is 1. The zero-order valence-corrected chi connectivity index (χ0v) is 6.99. The number of aromatic amines is 1. The van der Waals surface area contributed by atoms with Gasteiger partial charge in [0.1, 0.15) is 11.6 Å². The molecule has 0 aliphatic rings. The summed E-state index contributed by atoms with van der Waals surface area (Å²) in [7, 11) is 0. The van der Waals surface area contributed by atoms with Gasteiger partial charge in [0, 0.05) is 5.56 Å². The average Bonchev–Trinajstić information content (AvgIpc) is 2.49. The van der Waals surface area contributed by atoms with Crippen LogP contribution in [-0.4, -0.2) is 9.97 Å². The van der Waals surface area contributed by atoms with Gasteiger partial charge in [-0.2, -0.15) is 0 Å². The molecule has 0 spiro atoms. The van der Waals surface area contributed by atoms with Gasteiger partial charge < -0.3 is 16.5 Å². The molecule has 0 atom stereocenters. The van der Waals surface area contributed by atoms with Crippen molar-refractivity contribution in [2.75, 3.05) is 11.5 Å². The standard InChI is InChI=1S/C9H10N4/c10-7-8(11)13-9(12-7)6-4-2-1-3-5-6/h1-5H,10-11H2,(H,12,13). The van der Waals surface area contributed by atoms with Crippen molar-refractivity contribution >= 4 is 11.6 Å². The Labute approximate surface area is 75.6 Å². The second-order valence-corrected chi connectivity index (χ2v) is 2.75. The van der Waals surface area contributed by atoms with Gasteiger partial charge in [0.2, 0.25) is 0 Å². The molecule has 0 saturated heterocycles. The topological polar surface area (TPSA) is 80.7 Å². The summed E-state index contributed by atoms with van der Waals surface area (Å²) in [6, 6.07) is 9.70. The number of anilines is 2. The van der Waals surface area contributed by atoms with E-state index < -0.39 is 0 Å². The maximum absolute atomic E-state index is 5.53. The third-order valence-electron chi connectivity index (χ3n) is 1.81. The molecule has 1 aromatic carbocycles. The van der Waals surface area contributed by atoms with Gasteiger partial charge in [-0.15, -0.1) is 0 Å². The highest BCUT2D eigenvalue weighted by molar-refractivity contribution is 5.64. The van der Waals surface area contributed by atoms with Gasteiger partial charge in [-0.05, 0) is 0 Å². The molecular weight excluding hydrogens is 164 g/mol. The van der Waals surface area contributed by atoms with E-state index in [0.29, 0.717) is 17.5 Å². The summed E-state index contributed by atoms with van der Waals surface area (Å²) in [4.78, 5) is 6.98. The Bertz CT molecular complexity index is 385. The second-order valence-electron chi connectivity index (χ2n) is 2.75. The molecule has 0 radical (unpaired) electrons. The lowest BCUT2D eigenvalue weighted by Gasteiger charge is -1.93. The maximum Gasteiger partial charge on any atom is 0.166 e. The van der Waals surface area contributed by atoms with Gasteiger partial charge in [0.05, 0.1) is 0 Å². The van der Waals surface area contributed by atoms with Gasteiger partial charge in [-0.3, -0.25) is 0 Å². The van der Waals surface area contributed by atoms with Crippen molar-refractivity contribution in [3.05, 3.63) is 30.3 Å². The fourth-order valence-electron chi connectivity index (χ4n) is 1.13. The third kappa shape index (κ3) is 1.33. The smallest absolute Gasteiger partial charge is 0.166 e. The number of nitrogen functional groups attached to an aromatic ring is 2. The molecule has 0 fully saturated rings. The Morgan fingerprint density at radius 3 is 2.31 bits per heavy atom. The van der Waals surface area contributed by atoms with Crippen LogP contribution in [0.4, 0.5) is 11.6 Å². The number of hydrogen-bond donors (Lipinski definition) is 3. The number of benzene rings is 1. The maximum atomic E-state index is 5.53. The molecule has 1 heterocycles. The van der Waals surface area contributed by atoms with Crippen molar-refractivity contribution < 1.29 is 0 Å². The number of H-pyrrole nitrogens is 1. The lowest BCUT2D eigenvalue weighted by molar-refractivity contribution is 1.31. The highest BCUT2D eigenvalue weighted by atomic mass is 15.0. The van der Waals surface area contributed by atoms with E-state index >= 15 is 0 Å². The van der Waals surface area contributed by atoms with Crippen molar-refractivity contribution in [3.8, 4) is 11.4 Å². The minimum absolute atomic E-state index is 0.346. The lowest BCUT2D eigenvalue weighted by Crippen LogP contribution is -1.91. The molecule has 0 unspecified atom stereocenters. The summed E-state index contributed by atoms with van der Waals surface area (Å²) in [6.07, 6.45) is 0. The minimum Gasteiger partial charge on any atom is -0.382 e. The Morgan fingerprint density at radius 1 is 1.08 bits per heavy atom. The van der Waals surface area contributed by atoms with Crippen LogP contribution < -0.4 is 11.5 Å². The summed E-state index contributed by atoms with van der Waals surface area (Å²) >= 11 is 0. The summed E-state index contributed by atoms with van der Waals surface area (Å²) in [6.45, 7) is 0. The van der Waals surface area contributed by atoms with E-state index in [1.54, 1.807) is 0 Å². The van der Waals surface area contributed by atoms with Crippen molar-refractivity contribution in [2.24, 2.45) is 0 Å². The van der Waals surface area contributed by atoms with Gasteiger partial charge in [-0.25, -0.2) is 4.98 Å². The van der Waals surface area contributed by atoms with E-state index in [-0.39, 0.29) is 0 Å². The van der Waals surface area contributed by atoms with Crippen LogP contribution in [0.2, 0.25) is 0 Å². The molecule has 2 rings (SSSR count). The molecule has 5 N–H and O–H groups in total. The predicted molar refractivity (Wildman–Crippen MR) is 52.8 cm³/mol. The number of nitrogens with two attached hydrogens (primary N) is 2. The van der Waals surface area contributed by atoms with E-state index in [2.05, 4.69) is 9.97 Å². The number of imidazole rings is 1. The Balaban J connectivity index is 2.48. The van der Waals surface area contributed by atoms with Crippen molar-refractivity contribution in [3.63, 3.8) is 0 Å². The number of nitrogens with one attached hydrogen (secondary N) is 1. The van der Waals surface area contributed by atoms with Gasteiger partial charge >= 0.3 is 0 Å². The summed E-state index contributed by atoms with van der Waals surface area (Å²) in [5.41, 5.74) is 12.0. The fraction of sp³-hybridized carbons (Fsp3) is 0. The Morgan fingerprint density at radius 2 is 1.77 bits per heavy atom. The van der Waals surface area contributed by atoms with E-state index in [9.17, 15) is 0 Å².